The summed E-state index contributed by atoms with van der Waals surface area (Å²) < 4.78 is 0. The molecule has 3 nitrogen and oxygen atoms in total. The Morgan fingerprint density at radius 2 is 1.95 bits per heavy atom. The van der Waals surface area contributed by atoms with E-state index in [1.807, 2.05) is 0 Å². The first kappa shape index (κ1) is 12.2. The number of rotatable bonds is 2. The molecule has 1 aromatic carbocycles. The van der Waals surface area contributed by atoms with Crippen molar-refractivity contribution in [2.75, 3.05) is 11.4 Å². The van der Waals surface area contributed by atoms with Crippen molar-refractivity contribution in [1.82, 2.24) is 0 Å². The molecule has 19 heavy (non-hydrogen) atoms. The maximum atomic E-state index is 6.08. The number of hydrogen-bond acceptors (Lipinski definition) is 4. The second-order valence-electron chi connectivity index (χ2n) is 4.89. The molecule has 1 aromatic heterocycles. The quantitative estimate of drug-likeness (QED) is 0.911. The fraction of sp³-hybridized carbons (Fsp3) is 0.267. The molecule has 0 radical (unpaired) electrons. The van der Waals surface area contributed by atoms with Gasteiger partial charge in [-0.25, -0.2) is 0 Å². The predicted octanol–water partition coefficient (Wildman–Crippen LogP) is 3.24. The van der Waals surface area contributed by atoms with Crippen LogP contribution in [-0.4, -0.2) is 12.5 Å². The van der Waals surface area contributed by atoms with Gasteiger partial charge in [0.1, 0.15) is 0 Å². The Morgan fingerprint density at radius 1 is 1.21 bits per heavy atom. The molecular formula is C15H17N3S. The lowest BCUT2D eigenvalue weighted by atomic mass is 10.1. The van der Waals surface area contributed by atoms with Gasteiger partial charge in [-0.05, 0) is 43.0 Å². The summed E-state index contributed by atoms with van der Waals surface area (Å²) in [7, 11) is 0. The molecule has 0 amide bonds. The van der Waals surface area contributed by atoms with E-state index < -0.39 is 0 Å². The molecule has 0 aliphatic carbocycles. The summed E-state index contributed by atoms with van der Waals surface area (Å²) in [6.45, 7) is 4.97. The van der Waals surface area contributed by atoms with Crippen LogP contribution in [0.25, 0.3) is 0 Å². The first-order chi connectivity index (χ1) is 9.16. The summed E-state index contributed by atoms with van der Waals surface area (Å²) in [6, 6.07) is 10.8. The van der Waals surface area contributed by atoms with E-state index >= 15 is 0 Å². The predicted molar refractivity (Wildman–Crippen MR) is 81.9 cm³/mol. The normalized spacial score (nSPS) is 18.7. The van der Waals surface area contributed by atoms with Crippen molar-refractivity contribution in [2.24, 2.45) is 10.7 Å². The largest absolute Gasteiger partial charge is 0.369 e. The topological polar surface area (TPSA) is 41.6 Å². The summed E-state index contributed by atoms with van der Waals surface area (Å²) in [6.07, 6.45) is 0. The van der Waals surface area contributed by atoms with Crippen LogP contribution in [0.3, 0.4) is 0 Å². The third-order valence-electron chi connectivity index (χ3n) is 3.50. The van der Waals surface area contributed by atoms with E-state index in [1.54, 1.807) is 11.3 Å². The number of aryl methyl sites for hydroxylation is 2. The molecule has 2 N–H and O–H groups in total. The second-order valence-corrected chi connectivity index (χ2v) is 5.84. The van der Waals surface area contributed by atoms with E-state index in [0.29, 0.717) is 5.96 Å². The highest BCUT2D eigenvalue weighted by atomic mass is 32.1. The zero-order valence-electron chi connectivity index (χ0n) is 11.1. The Hall–Kier alpha value is -1.81. The Labute approximate surface area is 117 Å². The van der Waals surface area contributed by atoms with Crippen LogP contribution in [0.5, 0.6) is 0 Å². The van der Waals surface area contributed by atoms with Crippen LogP contribution in [0.15, 0.2) is 40.7 Å². The standard InChI is InChI=1S/C15H17N3S/c1-10-3-5-12(6-4-10)18-13(9-17-15(18)16)14-11(2)7-8-19-14/h3-8,13H,9H2,1-2H3,(H2,16,17). The van der Waals surface area contributed by atoms with Crippen molar-refractivity contribution in [3.8, 4) is 0 Å². The van der Waals surface area contributed by atoms with E-state index in [9.17, 15) is 0 Å². The van der Waals surface area contributed by atoms with Crippen LogP contribution >= 0.6 is 11.3 Å². The van der Waals surface area contributed by atoms with Gasteiger partial charge in [0.15, 0.2) is 5.96 Å². The maximum absolute atomic E-state index is 6.08. The van der Waals surface area contributed by atoms with E-state index in [-0.39, 0.29) is 6.04 Å². The number of nitrogens with zero attached hydrogens (tertiary/aromatic N) is 2. The minimum absolute atomic E-state index is 0.239. The number of benzene rings is 1. The van der Waals surface area contributed by atoms with Crippen molar-refractivity contribution < 1.29 is 0 Å². The molecule has 4 heteroatoms. The average Bonchev–Trinajstić information content (AvgIpc) is 2.97. The Kier molecular flexibility index (Phi) is 3.03. The van der Waals surface area contributed by atoms with Gasteiger partial charge in [-0.2, -0.15) is 0 Å². The minimum Gasteiger partial charge on any atom is -0.369 e. The highest BCUT2D eigenvalue weighted by molar-refractivity contribution is 7.10. The van der Waals surface area contributed by atoms with Crippen LogP contribution in [-0.2, 0) is 0 Å². The van der Waals surface area contributed by atoms with E-state index in [4.69, 9.17) is 5.73 Å². The van der Waals surface area contributed by atoms with Crippen molar-refractivity contribution in [2.45, 2.75) is 19.9 Å². The molecule has 0 bridgehead atoms. The molecule has 2 heterocycles. The smallest absolute Gasteiger partial charge is 0.196 e. The molecule has 1 aliphatic rings. The first-order valence-electron chi connectivity index (χ1n) is 6.36. The number of guanidine groups is 1. The monoisotopic (exact) mass is 271 g/mol. The third-order valence-corrected chi connectivity index (χ3v) is 4.62. The van der Waals surface area contributed by atoms with Crippen LogP contribution < -0.4 is 10.6 Å². The molecule has 0 fully saturated rings. The Balaban J connectivity index is 1.99. The number of aliphatic imine (C=N–C) groups is 1. The lowest BCUT2D eigenvalue weighted by Crippen LogP contribution is -2.36. The lowest BCUT2D eigenvalue weighted by Gasteiger charge is -2.26. The minimum atomic E-state index is 0.239. The van der Waals surface area contributed by atoms with Crippen LogP contribution in [0.1, 0.15) is 22.0 Å². The number of hydrogen-bond donors (Lipinski definition) is 1. The molecule has 98 valence electrons. The van der Waals surface area contributed by atoms with Gasteiger partial charge in [-0.3, -0.25) is 4.99 Å². The number of nitrogens with two attached hydrogens (primary N) is 1. The molecule has 1 unspecified atom stereocenters. The van der Waals surface area contributed by atoms with Crippen LogP contribution in [0.2, 0.25) is 0 Å². The van der Waals surface area contributed by atoms with Crippen molar-refractivity contribution in [3.63, 3.8) is 0 Å². The van der Waals surface area contributed by atoms with Gasteiger partial charge in [0.2, 0.25) is 0 Å². The fourth-order valence-electron chi connectivity index (χ4n) is 2.44. The Morgan fingerprint density at radius 3 is 2.58 bits per heavy atom. The van der Waals surface area contributed by atoms with Gasteiger partial charge >= 0.3 is 0 Å². The molecule has 1 aliphatic heterocycles. The van der Waals surface area contributed by atoms with Gasteiger partial charge in [-0.1, -0.05) is 17.7 Å². The number of anilines is 1. The Bertz CT molecular complexity index is 613. The fourth-order valence-corrected chi connectivity index (χ4v) is 3.45. The summed E-state index contributed by atoms with van der Waals surface area (Å²) in [5, 5.41) is 2.13. The molecule has 1 atom stereocenters. The maximum Gasteiger partial charge on any atom is 0.196 e. The van der Waals surface area contributed by atoms with E-state index in [1.165, 1.54) is 16.0 Å². The van der Waals surface area contributed by atoms with Crippen molar-refractivity contribution >= 4 is 23.0 Å². The van der Waals surface area contributed by atoms with Crippen molar-refractivity contribution in [1.29, 1.82) is 0 Å². The molecule has 0 spiro atoms. The molecule has 0 saturated carbocycles. The summed E-state index contributed by atoms with van der Waals surface area (Å²) in [5.41, 5.74) is 9.76. The average molecular weight is 271 g/mol. The summed E-state index contributed by atoms with van der Waals surface area (Å²) in [4.78, 5) is 7.91. The highest BCUT2D eigenvalue weighted by Gasteiger charge is 2.30. The van der Waals surface area contributed by atoms with Gasteiger partial charge in [0.25, 0.3) is 0 Å². The van der Waals surface area contributed by atoms with E-state index in [2.05, 4.69) is 59.5 Å². The van der Waals surface area contributed by atoms with E-state index in [0.717, 1.165) is 12.2 Å². The first-order valence-corrected chi connectivity index (χ1v) is 7.24. The van der Waals surface area contributed by atoms with Gasteiger partial charge < -0.3 is 10.6 Å². The van der Waals surface area contributed by atoms with Gasteiger partial charge in [0, 0.05) is 10.6 Å². The molecular weight excluding hydrogens is 254 g/mol. The zero-order chi connectivity index (χ0) is 13.4. The highest BCUT2D eigenvalue weighted by Crippen LogP contribution is 2.35. The third kappa shape index (κ3) is 2.12. The lowest BCUT2D eigenvalue weighted by molar-refractivity contribution is 0.779. The zero-order valence-corrected chi connectivity index (χ0v) is 11.9. The summed E-state index contributed by atoms with van der Waals surface area (Å²) >= 11 is 1.78. The summed E-state index contributed by atoms with van der Waals surface area (Å²) in [5.74, 6) is 0.613. The second kappa shape index (κ2) is 4.70. The molecule has 2 aromatic rings. The van der Waals surface area contributed by atoms with Gasteiger partial charge in [-0.15, -0.1) is 11.3 Å². The molecule has 0 saturated heterocycles. The van der Waals surface area contributed by atoms with Crippen LogP contribution in [0, 0.1) is 13.8 Å². The molecule has 3 rings (SSSR count). The number of thiophene rings is 1. The van der Waals surface area contributed by atoms with Gasteiger partial charge in [0.05, 0.1) is 12.6 Å². The SMILES string of the molecule is Cc1ccc(N2C(N)=NCC2c2sccc2C)cc1. The van der Waals surface area contributed by atoms with Crippen LogP contribution in [0.4, 0.5) is 5.69 Å². The van der Waals surface area contributed by atoms with Crippen molar-refractivity contribution in [3.05, 3.63) is 51.7 Å².